The Kier molecular flexibility index (Phi) is 3.49. The molecule has 17 heavy (non-hydrogen) atoms. The Hall–Kier alpha value is -1.53. The number of carbonyl (C=O) groups excluding carboxylic acids is 1. The fourth-order valence-corrected chi connectivity index (χ4v) is 1.27. The predicted octanol–water partition coefficient (Wildman–Crippen LogP) is 3.38. The molecule has 1 aromatic carbocycles. The van der Waals surface area contributed by atoms with E-state index in [-0.39, 0.29) is 5.56 Å². The minimum Gasteiger partial charge on any atom is -0.291 e. The van der Waals surface area contributed by atoms with E-state index in [9.17, 15) is 31.1 Å². The van der Waals surface area contributed by atoms with Crippen LogP contribution in [-0.2, 0) is 23.6 Å². The Morgan fingerprint density at radius 2 is 1.47 bits per heavy atom. The molecule has 0 aliphatic carbocycles. The van der Waals surface area contributed by atoms with E-state index in [1.165, 1.54) is 6.29 Å². The minimum atomic E-state index is -5.12. The van der Waals surface area contributed by atoms with Crippen molar-refractivity contribution in [3.8, 4) is 0 Å². The highest BCUT2D eigenvalue weighted by Crippen LogP contribution is 2.40. The van der Waals surface area contributed by atoms with Gasteiger partial charge in [-0.3, -0.25) is 4.79 Å². The van der Waals surface area contributed by atoms with E-state index in [0.29, 0.717) is 12.1 Å². The molecule has 0 aliphatic heterocycles. The summed E-state index contributed by atoms with van der Waals surface area (Å²) in [4.78, 5) is 9.99. The van der Waals surface area contributed by atoms with Gasteiger partial charge in [0.05, 0.1) is 11.1 Å². The van der Waals surface area contributed by atoms with E-state index in [2.05, 4.69) is 0 Å². The van der Waals surface area contributed by atoms with Crippen LogP contribution in [0.15, 0.2) is 18.2 Å². The maximum Gasteiger partial charge on any atom is 0.417 e. The van der Waals surface area contributed by atoms with Crippen LogP contribution in [0.3, 0.4) is 0 Å². The van der Waals surface area contributed by atoms with Crippen LogP contribution in [0.5, 0.6) is 0 Å². The zero-order valence-electron chi connectivity index (χ0n) is 8.12. The first-order valence-electron chi connectivity index (χ1n) is 4.28. The molecule has 0 saturated heterocycles. The molecule has 0 aliphatic rings. The summed E-state index contributed by atoms with van der Waals surface area (Å²) in [6.45, 7) is 0. The summed E-state index contributed by atoms with van der Waals surface area (Å²) in [6.07, 6.45) is -9.37. The lowest BCUT2D eigenvalue weighted by Crippen LogP contribution is -2.16. The molecule has 0 spiro atoms. The molecule has 0 bridgehead atoms. The average molecular weight is 255 g/mol. The third-order valence-electron chi connectivity index (χ3n) is 1.97. The largest absolute Gasteiger partial charge is 0.417 e. The molecule has 1 radical (unpaired) electrons. The van der Waals surface area contributed by atoms with Crippen molar-refractivity contribution in [2.75, 3.05) is 0 Å². The molecule has 0 aromatic heterocycles. The number of rotatable bonds is 2. The number of halogens is 6. The molecule has 0 N–H and O–H groups in total. The van der Waals surface area contributed by atoms with Gasteiger partial charge in [0.25, 0.3) is 0 Å². The third-order valence-corrected chi connectivity index (χ3v) is 1.97. The van der Waals surface area contributed by atoms with Crippen molar-refractivity contribution in [3.63, 3.8) is 0 Å². The van der Waals surface area contributed by atoms with E-state index >= 15 is 0 Å². The van der Waals surface area contributed by atoms with Crippen molar-refractivity contribution in [3.05, 3.63) is 34.9 Å². The standard InChI is InChI=1S/C10H5F6O/c11-9(12,13)7-2-1-6(3-4-17)5-8(7)10(14,15)16/h1-2,5H,3H2. The second-order valence-electron chi connectivity index (χ2n) is 3.20. The van der Waals surface area contributed by atoms with E-state index in [1.807, 2.05) is 0 Å². The van der Waals surface area contributed by atoms with Gasteiger partial charge in [-0.25, -0.2) is 0 Å². The minimum absolute atomic E-state index is 0.166. The molecule has 0 amide bonds. The summed E-state index contributed by atoms with van der Waals surface area (Å²) in [5, 5.41) is 0. The van der Waals surface area contributed by atoms with Crippen molar-refractivity contribution >= 4 is 6.29 Å². The zero-order valence-corrected chi connectivity index (χ0v) is 8.12. The summed E-state index contributed by atoms with van der Waals surface area (Å²) in [5.41, 5.74) is -3.72. The van der Waals surface area contributed by atoms with Crippen molar-refractivity contribution in [2.45, 2.75) is 18.8 Å². The molecule has 0 saturated carbocycles. The Labute approximate surface area is 92.0 Å². The second kappa shape index (κ2) is 4.38. The smallest absolute Gasteiger partial charge is 0.291 e. The quantitative estimate of drug-likeness (QED) is 0.740. The molecule has 7 heteroatoms. The first-order chi connectivity index (χ1) is 7.66. The maximum atomic E-state index is 12.4. The topological polar surface area (TPSA) is 17.1 Å². The van der Waals surface area contributed by atoms with Crippen molar-refractivity contribution in [2.24, 2.45) is 0 Å². The summed E-state index contributed by atoms with van der Waals surface area (Å²) >= 11 is 0. The Bertz CT molecular complexity index is 418. The van der Waals surface area contributed by atoms with Crippen LogP contribution in [0, 0.1) is 0 Å². The lowest BCUT2D eigenvalue weighted by atomic mass is 10.0. The highest BCUT2D eigenvalue weighted by atomic mass is 19.4. The fraction of sp³-hybridized carbons (Fsp3) is 0.300. The first kappa shape index (κ1) is 13.5. The van der Waals surface area contributed by atoms with Crippen LogP contribution in [0.1, 0.15) is 16.7 Å². The van der Waals surface area contributed by atoms with Gasteiger partial charge in [0.15, 0.2) is 0 Å². The van der Waals surface area contributed by atoms with E-state index in [0.717, 1.165) is 6.07 Å². The van der Waals surface area contributed by atoms with Gasteiger partial charge in [0.2, 0.25) is 6.29 Å². The van der Waals surface area contributed by atoms with Crippen LogP contribution in [0.4, 0.5) is 26.3 Å². The molecule has 0 fully saturated rings. The molecular weight excluding hydrogens is 250 g/mol. The van der Waals surface area contributed by atoms with Crippen LogP contribution in [0.25, 0.3) is 0 Å². The van der Waals surface area contributed by atoms with Crippen molar-refractivity contribution in [1.29, 1.82) is 0 Å². The average Bonchev–Trinajstić information content (AvgIpc) is 2.15. The van der Waals surface area contributed by atoms with E-state index in [1.54, 1.807) is 0 Å². The van der Waals surface area contributed by atoms with Crippen LogP contribution in [-0.4, -0.2) is 6.29 Å². The van der Waals surface area contributed by atoms with Crippen molar-refractivity contribution in [1.82, 2.24) is 0 Å². The SMILES string of the molecule is O=[C]Cc1ccc(C(F)(F)F)c(C(F)(F)F)c1. The van der Waals surface area contributed by atoms with Gasteiger partial charge in [0, 0.05) is 6.42 Å². The molecule has 1 nitrogen and oxygen atoms in total. The summed E-state index contributed by atoms with van der Waals surface area (Å²) in [6, 6.07) is 1.45. The third kappa shape index (κ3) is 3.21. The normalized spacial score (nSPS) is 12.6. The lowest BCUT2D eigenvalue weighted by molar-refractivity contribution is -0.162. The number of benzene rings is 1. The van der Waals surface area contributed by atoms with Crippen LogP contribution >= 0.6 is 0 Å². The Morgan fingerprint density at radius 3 is 1.88 bits per heavy atom. The molecule has 0 atom stereocenters. The predicted molar refractivity (Wildman–Crippen MR) is 45.8 cm³/mol. The Morgan fingerprint density at radius 1 is 0.941 bits per heavy atom. The van der Waals surface area contributed by atoms with Gasteiger partial charge in [-0.2, -0.15) is 26.3 Å². The van der Waals surface area contributed by atoms with Gasteiger partial charge < -0.3 is 0 Å². The number of hydrogen-bond donors (Lipinski definition) is 0. The second-order valence-corrected chi connectivity index (χ2v) is 3.20. The Balaban J connectivity index is 3.37. The highest BCUT2D eigenvalue weighted by Gasteiger charge is 2.42. The zero-order chi connectivity index (χ0) is 13.3. The maximum absolute atomic E-state index is 12.4. The molecular formula is C10H5F6O. The van der Waals surface area contributed by atoms with Gasteiger partial charge in [0.1, 0.15) is 0 Å². The lowest BCUT2D eigenvalue weighted by Gasteiger charge is -2.16. The van der Waals surface area contributed by atoms with Gasteiger partial charge >= 0.3 is 12.4 Å². The van der Waals surface area contributed by atoms with E-state index < -0.39 is 29.9 Å². The van der Waals surface area contributed by atoms with Gasteiger partial charge in [-0.15, -0.1) is 0 Å². The monoisotopic (exact) mass is 255 g/mol. The van der Waals surface area contributed by atoms with Crippen molar-refractivity contribution < 1.29 is 31.1 Å². The summed E-state index contributed by atoms with van der Waals surface area (Å²) in [7, 11) is 0. The molecule has 93 valence electrons. The van der Waals surface area contributed by atoms with E-state index in [4.69, 9.17) is 0 Å². The molecule has 0 unspecified atom stereocenters. The van der Waals surface area contributed by atoms with Gasteiger partial charge in [-0.1, -0.05) is 6.07 Å². The highest BCUT2D eigenvalue weighted by molar-refractivity contribution is 5.56. The molecule has 1 aromatic rings. The summed E-state index contributed by atoms with van der Waals surface area (Å²) in [5.74, 6) is 0. The number of hydrogen-bond acceptors (Lipinski definition) is 1. The molecule has 0 heterocycles. The number of alkyl halides is 6. The fourth-order valence-electron chi connectivity index (χ4n) is 1.27. The van der Waals surface area contributed by atoms with Gasteiger partial charge in [-0.05, 0) is 17.7 Å². The first-order valence-corrected chi connectivity index (χ1v) is 4.28. The molecule has 1 rings (SSSR count). The summed E-state index contributed by atoms with van der Waals surface area (Å²) < 4.78 is 74.2. The van der Waals surface area contributed by atoms with Crippen LogP contribution in [0.2, 0.25) is 0 Å². The van der Waals surface area contributed by atoms with Crippen LogP contribution < -0.4 is 0 Å².